The van der Waals surface area contributed by atoms with Crippen LogP contribution >= 0.6 is 15.9 Å². The number of benzene rings is 1. The van der Waals surface area contributed by atoms with Gasteiger partial charge in [0.05, 0.1) is 21.5 Å². The van der Waals surface area contributed by atoms with Crippen molar-refractivity contribution in [1.82, 2.24) is 20.4 Å². The Morgan fingerprint density at radius 3 is 2.27 bits per heavy atom. The third kappa shape index (κ3) is 4.52. The van der Waals surface area contributed by atoms with Crippen LogP contribution in [0.5, 0.6) is 0 Å². The van der Waals surface area contributed by atoms with Gasteiger partial charge >= 0.3 is 0 Å². The number of nitrogens with zero attached hydrogens (tertiary/aromatic N) is 2. The highest BCUT2D eigenvalue weighted by atomic mass is 79.9. The monoisotopic (exact) mass is 420 g/mol. The molecule has 0 bridgehead atoms. The normalized spacial score (nSPS) is 12.1. The first-order valence-corrected chi connectivity index (χ1v) is 9.38. The number of likely N-dealkylation sites (N-methyl/N-ethyl adjacent to an activating group) is 1. The Bertz CT molecular complexity index is 797. The summed E-state index contributed by atoms with van der Waals surface area (Å²) >= 11 is 3.52. The summed E-state index contributed by atoms with van der Waals surface area (Å²) in [6.07, 6.45) is 0.587. The lowest BCUT2D eigenvalue weighted by Gasteiger charge is -2.19. The first-order valence-electron chi connectivity index (χ1n) is 8.59. The number of aryl methyl sites for hydroxylation is 1. The van der Waals surface area contributed by atoms with Crippen molar-refractivity contribution in [3.8, 4) is 5.69 Å². The van der Waals surface area contributed by atoms with E-state index in [4.69, 9.17) is 0 Å². The molecular weight excluding hydrogens is 396 g/mol. The summed E-state index contributed by atoms with van der Waals surface area (Å²) in [6, 6.07) is 6.63. The van der Waals surface area contributed by atoms with Crippen LogP contribution in [0.15, 0.2) is 28.7 Å². The van der Waals surface area contributed by atoms with Crippen molar-refractivity contribution in [3.05, 3.63) is 45.7 Å². The van der Waals surface area contributed by atoms with Crippen molar-refractivity contribution in [2.45, 2.75) is 40.2 Å². The van der Waals surface area contributed by atoms with E-state index in [-0.39, 0.29) is 11.8 Å². The Morgan fingerprint density at radius 1 is 1.19 bits per heavy atom. The second kappa shape index (κ2) is 8.49. The minimum atomic E-state index is -0.542. The van der Waals surface area contributed by atoms with Crippen LogP contribution in [-0.2, 0) is 4.79 Å². The third-order valence-electron chi connectivity index (χ3n) is 4.15. The third-order valence-corrected chi connectivity index (χ3v) is 5.30. The van der Waals surface area contributed by atoms with Crippen LogP contribution in [0.3, 0.4) is 0 Å². The maximum atomic E-state index is 12.5. The van der Waals surface area contributed by atoms with Gasteiger partial charge in [0.2, 0.25) is 5.91 Å². The molecule has 140 valence electrons. The van der Waals surface area contributed by atoms with Crippen molar-refractivity contribution >= 4 is 27.7 Å². The van der Waals surface area contributed by atoms with E-state index in [1.54, 1.807) is 19.2 Å². The van der Waals surface area contributed by atoms with E-state index < -0.39 is 6.04 Å². The molecule has 1 atom stereocenters. The maximum absolute atomic E-state index is 12.5. The first-order chi connectivity index (χ1) is 12.2. The van der Waals surface area contributed by atoms with E-state index in [1.165, 1.54) is 0 Å². The van der Waals surface area contributed by atoms with Crippen molar-refractivity contribution < 1.29 is 9.59 Å². The SMILES string of the molecule is CNC(=O)C(CC(C)C)NC(=O)c1ccc(-n2nc(C)c(Br)c2C)cc1. The molecule has 2 aromatic rings. The summed E-state index contributed by atoms with van der Waals surface area (Å²) in [6.45, 7) is 7.94. The Morgan fingerprint density at radius 2 is 1.81 bits per heavy atom. The lowest BCUT2D eigenvalue weighted by atomic mass is 10.0. The maximum Gasteiger partial charge on any atom is 0.251 e. The van der Waals surface area contributed by atoms with Crippen LogP contribution in [0, 0.1) is 19.8 Å². The van der Waals surface area contributed by atoms with Crippen molar-refractivity contribution in [2.24, 2.45) is 5.92 Å². The molecule has 0 spiro atoms. The molecule has 26 heavy (non-hydrogen) atoms. The summed E-state index contributed by atoms with van der Waals surface area (Å²) in [7, 11) is 1.57. The quantitative estimate of drug-likeness (QED) is 0.753. The standard InChI is InChI=1S/C19H25BrN4O2/c1-11(2)10-16(19(26)21-5)22-18(25)14-6-8-15(9-7-14)24-13(4)17(20)12(3)23-24/h6-9,11,16H,10H2,1-5H3,(H,21,26)(H,22,25). The number of hydrogen-bond acceptors (Lipinski definition) is 3. The number of carbonyl (C=O) groups is 2. The molecular formula is C19H25BrN4O2. The lowest BCUT2D eigenvalue weighted by Crippen LogP contribution is -2.46. The van der Waals surface area contributed by atoms with Crippen LogP contribution in [0.1, 0.15) is 42.0 Å². The zero-order valence-corrected chi connectivity index (χ0v) is 17.3. The highest BCUT2D eigenvalue weighted by molar-refractivity contribution is 9.10. The highest BCUT2D eigenvalue weighted by Crippen LogP contribution is 2.23. The second-order valence-electron chi connectivity index (χ2n) is 6.71. The molecule has 6 nitrogen and oxygen atoms in total. The highest BCUT2D eigenvalue weighted by Gasteiger charge is 2.21. The van der Waals surface area contributed by atoms with Crippen molar-refractivity contribution in [2.75, 3.05) is 7.05 Å². The Labute approximate surface area is 162 Å². The average Bonchev–Trinajstić information content (AvgIpc) is 2.87. The van der Waals surface area contributed by atoms with Crippen LogP contribution in [0.4, 0.5) is 0 Å². The second-order valence-corrected chi connectivity index (χ2v) is 7.51. The Hall–Kier alpha value is -2.15. The van der Waals surface area contributed by atoms with Gasteiger partial charge < -0.3 is 10.6 Å². The molecule has 0 aliphatic heterocycles. The van der Waals surface area contributed by atoms with Gasteiger partial charge in [0, 0.05) is 12.6 Å². The number of rotatable bonds is 6. The molecule has 2 N–H and O–H groups in total. The molecule has 0 saturated carbocycles. The molecule has 0 saturated heterocycles. The molecule has 0 aliphatic rings. The number of aromatic nitrogens is 2. The zero-order valence-electron chi connectivity index (χ0n) is 15.8. The van der Waals surface area contributed by atoms with Gasteiger partial charge in [-0.1, -0.05) is 13.8 Å². The van der Waals surface area contributed by atoms with E-state index >= 15 is 0 Å². The van der Waals surface area contributed by atoms with Gasteiger partial charge in [0.1, 0.15) is 6.04 Å². The van der Waals surface area contributed by atoms with Gasteiger partial charge in [-0.2, -0.15) is 5.10 Å². The zero-order chi connectivity index (χ0) is 19.4. The van der Waals surface area contributed by atoms with Gasteiger partial charge in [0.25, 0.3) is 5.91 Å². The Kier molecular flexibility index (Phi) is 6.58. The summed E-state index contributed by atoms with van der Waals surface area (Å²) in [5, 5.41) is 9.91. The molecule has 1 heterocycles. The number of carbonyl (C=O) groups excluding carboxylic acids is 2. The minimum absolute atomic E-state index is 0.184. The first kappa shape index (κ1) is 20.2. The van der Waals surface area contributed by atoms with Crippen LogP contribution in [0.25, 0.3) is 5.69 Å². The summed E-state index contributed by atoms with van der Waals surface area (Å²) in [5.41, 5.74) is 3.28. The molecule has 7 heteroatoms. The number of amides is 2. The average molecular weight is 421 g/mol. The fourth-order valence-corrected chi connectivity index (χ4v) is 3.00. The summed E-state index contributed by atoms with van der Waals surface area (Å²) in [5.74, 6) is -0.152. The summed E-state index contributed by atoms with van der Waals surface area (Å²) in [4.78, 5) is 24.5. The number of hydrogen-bond donors (Lipinski definition) is 2. The van der Waals surface area contributed by atoms with Crippen LogP contribution in [0.2, 0.25) is 0 Å². The molecule has 0 radical (unpaired) electrons. The van der Waals surface area contributed by atoms with Crippen LogP contribution < -0.4 is 10.6 Å². The summed E-state index contributed by atoms with van der Waals surface area (Å²) < 4.78 is 2.80. The molecule has 2 amide bonds. The Balaban J connectivity index is 2.17. The minimum Gasteiger partial charge on any atom is -0.357 e. The van der Waals surface area contributed by atoms with E-state index in [0.717, 1.165) is 21.5 Å². The smallest absolute Gasteiger partial charge is 0.251 e. The van der Waals surface area contributed by atoms with E-state index in [0.29, 0.717) is 17.9 Å². The topological polar surface area (TPSA) is 76.0 Å². The number of halogens is 1. The molecule has 1 aromatic heterocycles. The van der Waals surface area contributed by atoms with Crippen molar-refractivity contribution in [3.63, 3.8) is 0 Å². The molecule has 0 aliphatic carbocycles. The van der Waals surface area contributed by atoms with Gasteiger partial charge in [-0.15, -0.1) is 0 Å². The van der Waals surface area contributed by atoms with E-state index in [1.807, 2.05) is 44.5 Å². The molecule has 2 rings (SSSR count). The van der Waals surface area contributed by atoms with Crippen molar-refractivity contribution in [1.29, 1.82) is 0 Å². The predicted molar refractivity (Wildman–Crippen MR) is 106 cm³/mol. The molecule has 0 fully saturated rings. The number of nitrogens with one attached hydrogen (secondary N) is 2. The van der Waals surface area contributed by atoms with Gasteiger partial charge in [-0.3, -0.25) is 9.59 Å². The fourth-order valence-electron chi connectivity index (χ4n) is 2.75. The van der Waals surface area contributed by atoms with Gasteiger partial charge in [0.15, 0.2) is 0 Å². The molecule has 1 unspecified atom stereocenters. The predicted octanol–water partition coefficient (Wildman–Crippen LogP) is 3.14. The largest absolute Gasteiger partial charge is 0.357 e. The fraction of sp³-hybridized carbons (Fsp3) is 0.421. The van der Waals surface area contributed by atoms with Gasteiger partial charge in [-0.25, -0.2) is 4.68 Å². The van der Waals surface area contributed by atoms with E-state index in [2.05, 4.69) is 31.7 Å². The molecule has 1 aromatic carbocycles. The van der Waals surface area contributed by atoms with E-state index in [9.17, 15) is 9.59 Å². The lowest BCUT2D eigenvalue weighted by molar-refractivity contribution is -0.122. The van der Waals surface area contributed by atoms with Gasteiger partial charge in [-0.05, 0) is 66.4 Å². The van der Waals surface area contributed by atoms with Crippen LogP contribution in [-0.4, -0.2) is 34.7 Å².